The van der Waals surface area contributed by atoms with Crippen LogP contribution in [0, 0.1) is 6.57 Å². The quantitative estimate of drug-likeness (QED) is 0.577. The number of hydrogen-bond donors (Lipinski definition) is 0. The molecule has 1 heterocycles. The third-order valence-electron chi connectivity index (χ3n) is 3.52. The van der Waals surface area contributed by atoms with Gasteiger partial charge < -0.3 is 0 Å². The minimum absolute atomic E-state index is 0.611. The highest BCUT2D eigenvalue weighted by Crippen LogP contribution is 2.25. The molecule has 0 unspecified atom stereocenters. The standard InChI is InChI=1S/C18H22N2Si/c1-13(2)16-11-17(20-12-18(16)21(4,5)6)14-8-7-9-15(10-14)19-3/h7-13H,1-2,4-6H3/i13D. The van der Waals surface area contributed by atoms with Gasteiger partial charge in [-0.2, -0.15) is 0 Å². The van der Waals surface area contributed by atoms with Crippen LogP contribution in [-0.4, -0.2) is 13.1 Å². The summed E-state index contributed by atoms with van der Waals surface area (Å²) in [5.74, 6) is -0.662. The first-order chi connectivity index (χ1) is 10.1. The second kappa shape index (κ2) is 5.83. The van der Waals surface area contributed by atoms with Crippen molar-refractivity contribution in [3.05, 3.63) is 53.5 Å². The molecule has 0 saturated heterocycles. The van der Waals surface area contributed by atoms with E-state index in [9.17, 15) is 0 Å². The van der Waals surface area contributed by atoms with E-state index in [0.717, 1.165) is 16.8 Å². The first-order valence-corrected chi connectivity index (χ1v) is 10.6. The molecule has 2 rings (SSSR count). The predicted molar refractivity (Wildman–Crippen MR) is 93.0 cm³/mol. The van der Waals surface area contributed by atoms with Crippen LogP contribution < -0.4 is 5.19 Å². The summed E-state index contributed by atoms with van der Waals surface area (Å²) in [5, 5.41) is 1.23. The normalized spacial score (nSPS) is 12.7. The minimum Gasteiger partial charge on any atom is -0.256 e. The van der Waals surface area contributed by atoms with Gasteiger partial charge in [0.05, 0.1) is 20.3 Å². The van der Waals surface area contributed by atoms with Crippen molar-refractivity contribution in [1.29, 1.82) is 0 Å². The topological polar surface area (TPSA) is 17.2 Å². The van der Waals surface area contributed by atoms with Gasteiger partial charge in [0, 0.05) is 7.57 Å². The van der Waals surface area contributed by atoms with Crippen LogP contribution in [0.15, 0.2) is 36.5 Å². The van der Waals surface area contributed by atoms with Crippen LogP contribution in [0.2, 0.25) is 19.6 Å². The van der Waals surface area contributed by atoms with Crippen molar-refractivity contribution in [3.8, 4) is 11.3 Å². The van der Waals surface area contributed by atoms with Crippen LogP contribution in [0.25, 0.3) is 16.1 Å². The lowest BCUT2D eigenvalue weighted by Crippen LogP contribution is -2.40. The number of rotatable bonds is 3. The van der Waals surface area contributed by atoms with Gasteiger partial charge in [-0.05, 0) is 34.3 Å². The Hall–Kier alpha value is -1.92. The van der Waals surface area contributed by atoms with Gasteiger partial charge in [-0.3, -0.25) is 4.98 Å². The first-order valence-electron chi connectivity index (χ1n) is 7.62. The highest BCUT2D eigenvalue weighted by molar-refractivity contribution is 6.89. The molecule has 108 valence electrons. The van der Waals surface area contributed by atoms with Gasteiger partial charge in [0.1, 0.15) is 0 Å². The van der Waals surface area contributed by atoms with E-state index < -0.39 is 14.0 Å². The van der Waals surface area contributed by atoms with Crippen molar-refractivity contribution in [2.45, 2.75) is 39.4 Å². The average Bonchev–Trinajstić information content (AvgIpc) is 2.45. The molecule has 0 N–H and O–H groups in total. The van der Waals surface area contributed by atoms with Gasteiger partial charge in [0.15, 0.2) is 5.69 Å². The van der Waals surface area contributed by atoms with E-state index in [1.807, 2.05) is 44.3 Å². The third-order valence-corrected chi connectivity index (χ3v) is 5.54. The molecule has 2 aromatic rings. The lowest BCUT2D eigenvalue weighted by Gasteiger charge is -2.23. The molecule has 1 aromatic heterocycles. The number of pyridine rings is 1. The van der Waals surface area contributed by atoms with Crippen molar-refractivity contribution in [1.82, 2.24) is 4.98 Å². The molecule has 0 aliphatic heterocycles. The third kappa shape index (κ3) is 3.40. The summed E-state index contributed by atoms with van der Waals surface area (Å²) < 4.78 is 8.48. The second-order valence-corrected chi connectivity index (χ2v) is 11.6. The van der Waals surface area contributed by atoms with Crippen LogP contribution in [0.5, 0.6) is 0 Å². The molecule has 0 bridgehead atoms. The summed E-state index contributed by atoms with van der Waals surface area (Å²) in [6.45, 7) is 17.8. The van der Waals surface area contributed by atoms with E-state index in [1.54, 1.807) is 6.07 Å². The highest BCUT2D eigenvalue weighted by atomic mass is 28.3. The van der Waals surface area contributed by atoms with Crippen LogP contribution in [0.4, 0.5) is 5.69 Å². The van der Waals surface area contributed by atoms with E-state index in [0.29, 0.717) is 5.69 Å². The Morgan fingerprint density at radius 3 is 2.52 bits per heavy atom. The van der Waals surface area contributed by atoms with Crippen molar-refractivity contribution >= 4 is 18.9 Å². The second-order valence-electron chi connectivity index (χ2n) is 6.53. The maximum absolute atomic E-state index is 8.48. The van der Waals surface area contributed by atoms with E-state index in [2.05, 4.69) is 29.5 Å². The number of benzene rings is 1. The van der Waals surface area contributed by atoms with Crippen LogP contribution >= 0.6 is 0 Å². The Labute approximate surface area is 130 Å². The predicted octanol–water partition coefficient (Wildman–Crippen LogP) is 4.97. The zero-order valence-corrected chi connectivity index (χ0v) is 14.4. The molecule has 1 aromatic carbocycles. The molecular formula is C18H22N2Si. The minimum atomic E-state index is -1.56. The molecule has 2 nitrogen and oxygen atoms in total. The first kappa shape index (κ1) is 14.0. The zero-order valence-electron chi connectivity index (χ0n) is 14.4. The molecule has 0 radical (unpaired) electrons. The van der Waals surface area contributed by atoms with Gasteiger partial charge in [0.25, 0.3) is 0 Å². The summed E-state index contributed by atoms with van der Waals surface area (Å²) in [6.07, 6.45) is 1.94. The van der Waals surface area contributed by atoms with Crippen molar-refractivity contribution in [2.24, 2.45) is 0 Å². The summed E-state index contributed by atoms with van der Waals surface area (Å²) in [6, 6.07) is 9.52. The van der Waals surface area contributed by atoms with Crippen LogP contribution in [0.3, 0.4) is 0 Å². The number of hydrogen-bond acceptors (Lipinski definition) is 1. The van der Waals surface area contributed by atoms with E-state index >= 15 is 0 Å². The molecule has 0 amide bonds. The Balaban J connectivity index is 2.64. The highest BCUT2D eigenvalue weighted by Gasteiger charge is 2.22. The van der Waals surface area contributed by atoms with Gasteiger partial charge in [-0.15, -0.1) is 0 Å². The van der Waals surface area contributed by atoms with Gasteiger partial charge in [-0.25, -0.2) is 4.85 Å². The molecule has 0 atom stereocenters. The molecule has 0 aliphatic carbocycles. The summed E-state index contributed by atoms with van der Waals surface area (Å²) >= 11 is 0. The Bertz CT molecular complexity index is 734. The number of nitrogens with zero attached hydrogens (tertiary/aromatic N) is 2. The lowest BCUT2D eigenvalue weighted by atomic mass is 10.0. The zero-order chi connectivity index (χ0) is 16.5. The molecular weight excluding hydrogens is 272 g/mol. The SMILES string of the molecule is [2H]C(C)(C)c1cc(-c2cccc([N+]#[C-])c2)ncc1[Si](C)(C)C. The van der Waals surface area contributed by atoms with E-state index in [4.69, 9.17) is 7.94 Å². The Kier molecular flexibility index (Phi) is 3.89. The smallest absolute Gasteiger partial charge is 0.187 e. The van der Waals surface area contributed by atoms with E-state index in [-0.39, 0.29) is 0 Å². The van der Waals surface area contributed by atoms with Crippen molar-refractivity contribution in [3.63, 3.8) is 0 Å². The maximum Gasteiger partial charge on any atom is 0.187 e. The fourth-order valence-electron chi connectivity index (χ4n) is 2.36. The monoisotopic (exact) mass is 295 g/mol. The van der Waals surface area contributed by atoms with Gasteiger partial charge >= 0.3 is 0 Å². The molecule has 0 saturated carbocycles. The lowest BCUT2D eigenvalue weighted by molar-refractivity contribution is 0.870. The largest absolute Gasteiger partial charge is 0.256 e. The fourth-order valence-corrected chi connectivity index (χ4v) is 3.94. The molecule has 21 heavy (non-hydrogen) atoms. The summed E-state index contributed by atoms with van der Waals surface area (Å²) in [5.41, 5.74) is 3.43. The maximum atomic E-state index is 8.48. The van der Waals surface area contributed by atoms with Gasteiger partial charge in [-0.1, -0.05) is 51.7 Å². The Morgan fingerprint density at radius 2 is 1.95 bits per heavy atom. The van der Waals surface area contributed by atoms with Crippen LogP contribution in [-0.2, 0) is 0 Å². The molecule has 3 heteroatoms. The van der Waals surface area contributed by atoms with Crippen molar-refractivity contribution in [2.75, 3.05) is 0 Å². The summed E-state index contributed by atoms with van der Waals surface area (Å²) in [7, 11) is -1.56. The molecule has 0 spiro atoms. The summed E-state index contributed by atoms with van der Waals surface area (Å²) in [4.78, 5) is 8.09. The van der Waals surface area contributed by atoms with E-state index in [1.165, 1.54) is 5.19 Å². The number of aromatic nitrogens is 1. The van der Waals surface area contributed by atoms with Crippen molar-refractivity contribution < 1.29 is 1.37 Å². The molecule has 0 aliphatic rings. The van der Waals surface area contributed by atoms with Crippen LogP contribution in [0.1, 0.15) is 26.7 Å². The fraction of sp³-hybridized carbons (Fsp3) is 0.333. The Morgan fingerprint density at radius 1 is 1.24 bits per heavy atom. The molecule has 0 fully saturated rings. The van der Waals surface area contributed by atoms with Gasteiger partial charge in [0.2, 0.25) is 0 Å². The average molecular weight is 295 g/mol.